The minimum Gasteiger partial charge on any atom is -0.492 e. The largest absolute Gasteiger partial charge is 0.492 e. The average Bonchev–Trinajstić information content (AvgIpc) is 2.88. The number of amides is 1. The van der Waals surface area contributed by atoms with Crippen molar-refractivity contribution in [2.24, 2.45) is 5.10 Å². The molecule has 0 N–H and O–H groups in total. The van der Waals surface area contributed by atoms with Gasteiger partial charge in [0.1, 0.15) is 5.75 Å². The van der Waals surface area contributed by atoms with Gasteiger partial charge in [0, 0.05) is 10.0 Å². The highest BCUT2D eigenvalue weighted by atomic mass is 79.9. The molecule has 0 bridgehead atoms. The first-order valence-corrected chi connectivity index (χ1v) is 10.2. The Balaban J connectivity index is 2.03. The fourth-order valence-corrected chi connectivity index (χ4v) is 4.23. The van der Waals surface area contributed by atoms with Crippen molar-refractivity contribution < 1.29 is 9.53 Å². The van der Waals surface area contributed by atoms with Gasteiger partial charge in [-0.05, 0) is 85.1 Å². The van der Waals surface area contributed by atoms with E-state index in [2.05, 4.69) is 37.0 Å². The molecule has 4 nitrogen and oxygen atoms in total. The van der Waals surface area contributed by atoms with Gasteiger partial charge in [0.25, 0.3) is 5.91 Å². The van der Waals surface area contributed by atoms with E-state index in [1.54, 1.807) is 0 Å². The van der Waals surface area contributed by atoms with E-state index in [0.29, 0.717) is 23.6 Å². The highest BCUT2D eigenvalue weighted by molar-refractivity contribution is 9.11. The maximum absolute atomic E-state index is 13.0. The minimum atomic E-state index is -0.144. The lowest BCUT2D eigenvalue weighted by Gasteiger charge is -2.14. The third-order valence-electron chi connectivity index (χ3n) is 4.42. The minimum absolute atomic E-state index is 0.144. The molecule has 2 aromatic carbocycles. The smallest absolute Gasteiger partial charge is 0.280 e. The standard InChI is InChI=1S/C21H20Br2N2O2/c1-5-27-20-15(9-16(22)11-19(20)23)10-18-14(4)24-25(21(18)26)17-7-6-12(2)13(3)8-17/h6-11H,5H2,1-4H3. The molecule has 1 heterocycles. The van der Waals surface area contributed by atoms with E-state index in [1.807, 2.05) is 64.1 Å². The van der Waals surface area contributed by atoms with E-state index in [-0.39, 0.29) is 5.91 Å². The molecule has 0 spiro atoms. The van der Waals surface area contributed by atoms with Crippen LogP contribution in [0.1, 0.15) is 30.5 Å². The van der Waals surface area contributed by atoms with Crippen LogP contribution < -0.4 is 9.75 Å². The van der Waals surface area contributed by atoms with Crippen molar-refractivity contribution in [1.82, 2.24) is 0 Å². The van der Waals surface area contributed by atoms with Crippen molar-refractivity contribution in [3.63, 3.8) is 0 Å². The predicted molar refractivity (Wildman–Crippen MR) is 117 cm³/mol. The molecule has 140 valence electrons. The normalized spacial score (nSPS) is 15.5. The molecular weight excluding hydrogens is 472 g/mol. The lowest BCUT2D eigenvalue weighted by Crippen LogP contribution is -2.21. The Morgan fingerprint density at radius 3 is 2.52 bits per heavy atom. The summed E-state index contributed by atoms with van der Waals surface area (Å²) in [7, 11) is 0. The lowest BCUT2D eigenvalue weighted by molar-refractivity contribution is -0.114. The molecule has 0 saturated carbocycles. The quantitative estimate of drug-likeness (QED) is 0.489. The number of rotatable bonds is 4. The second-order valence-electron chi connectivity index (χ2n) is 6.37. The summed E-state index contributed by atoms with van der Waals surface area (Å²) in [5, 5.41) is 5.94. The monoisotopic (exact) mass is 490 g/mol. The average molecular weight is 492 g/mol. The zero-order valence-electron chi connectivity index (χ0n) is 15.6. The highest BCUT2D eigenvalue weighted by Crippen LogP contribution is 2.35. The number of hydrazone groups is 1. The van der Waals surface area contributed by atoms with Gasteiger partial charge < -0.3 is 4.74 Å². The SMILES string of the molecule is CCOc1c(Br)cc(Br)cc1C=C1C(=O)N(c2ccc(C)c(C)c2)N=C1C. The topological polar surface area (TPSA) is 41.9 Å². The number of halogens is 2. The van der Waals surface area contributed by atoms with Crippen molar-refractivity contribution >= 4 is 55.2 Å². The van der Waals surface area contributed by atoms with Gasteiger partial charge in [0.2, 0.25) is 0 Å². The van der Waals surface area contributed by atoms with Crippen LogP contribution in [-0.4, -0.2) is 18.2 Å². The van der Waals surface area contributed by atoms with Gasteiger partial charge in [0.15, 0.2) is 0 Å². The first-order chi connectivity index (χ1) is 12.8. The summed E-state index contributed by atoms with van der Waals surface area (Å²) in [5.41, 5.74) is 5.13. The van der Waals surface area contributed by atoms with Gasteiger partial charge in [-0.2, -0.15) is 10.1 Å². The van der Waals surface area contributed by atoms with E-state index in [1.165, 1.54) is 10.6 Å². The van der Waals surface area contributed by atoms with Crippen LogP contribution in [0.3, 0.4) is 0 Å². The maximum atomic E-state index is 13.0. The van der Waals surface area contributed by atoms with Gasteiger partial charge in [-0.1, -0.05) is 22.0 Å². The van der Waals surface area contributed by atoms with Gasteiger partial charge in [0.05, 0.1) is 28.1 Å². The van der Waals surface area contributed by atoms with Crippen LogP contribution in [0.25, 0.3) is 6.08 Å². The number of carbonyl (C=O) groups excluding carboxylic acids is 1. The third kappa shape index (κ3) is 4.01. The number of benzene rings is 2. The van der Waals surface area contributed by atoms with Crippen molar-refractivity contribution in [2.75, 3.05) is 11.6 Å². The third-order valence-corrected chi connectivity index (χ3v) is 5.47. The van der Waals surface area contributed by atoms with Gasteiger partial charge in [-0.3, -0.25) is 4.79 Å². The Hall–Kier alpha value is -1.92. The molecule has 0 aromatic heterocycles. The van der Waals surface area contributed by atoms with Gasteiger partial charge in [-0.15, -0.1) is 0 Å². The van der Waals surface area contributed by atoms with Crippen LogP contribution >= 0.6 is 31.9 Å². The molecule has 0 aliphatic carbocycles. The number of carbonyl (C=O) groups is 1. The Labute approximate surface area is 176 Å². The molecule has 1 amide bonds. The van der Waals surface area contributed by atoms with E-state index in [9.17, 15) is 4.79 Å². The fraction of sp³-hybridized carbons (Fsp3) is 0.238. The Kier molecular flexibility index (Phi) is 5.86. The number of nitrogens with zero attached hydrogens (tertiary/aromatic N) is 2. The van der Waals surface area contributed by atoms with E-state index in [0.717, 1.165) is 25.8 Å². The van der Waals surface area contributed by atoms with Crippen LogP contribution in [0, 0.1) is 13.8 Å². The Morgan fingerprint density at radius 2 is 1.85 bits per heavy atom. The van der Waals surface area contributed by atoms with Crippen LogP contribution in [-0.2, 0) is 4.79 Å². The number of anilines is 1. The fourth-order valence-electron chi connectivity index (χ4n) is 2.86. The Morgan fingerprint density at radius 1 is 1.11 bits per heavy atom. The summed E-state index contributed by atoms with van der Waals surface area (Å²) in [6, 6.07) is 9.76. The van der Waals surface area contributed by atoms with E-state index < -0.39 is 0 Å². The molecule has 0 atom stereocenters. The lowest BCUT2D eigenvalue weighted by atomic mass is 10.1. The van der Waals surface area contributed by atoms with Crippen LogP contribution in [0.4, 0.5) is 5.69 Å². The molecule has 1 aliphatic rings. The van der Waals surface area contributed by atoms with Crippen molar-refractivity contribution in [3.05, 3.63) is 61.5 Å². The number of hydrogen-bond donors (Lipinski definition) is 0. The van der Waals surface area contributed by atoms with Crippen LogP contribution in [0.2, 0.25) is 0 Å². The first-order valence-electron chi connectivity index (χ1n) is 8.62. The molecule has 27 heavy (non-hydrogen) atoms. The number of ether oxygens (including phenoxy) is 1. The zero-order valence-corrected chi connectivity index (χ0v) is 18.8. The zero-order chi connectivity index (χ0) is 19.7. The molecular formula is C21H20Br2N2O2. The van der Waals surface area contributed by atoms with E-state index in [4.69, 9.17) is 4.74 Å². The summed E-state index contributed by atoms with van der Waals surface area (Å²) in [5.74, 6) is 0.563. The summed E-state index contributed by atoms with van der Waals surface area (Å²) < 4.78 is 7.50. The van der Waals surface area contributed by atoms with Crippen LogP contribution in [0.15, 0.2) is 50.0 Å². The maximum Gasteiger partial charge on any atom is 0.280 e. The molecule has 3 rings (SSSR count). The molecule has 0 radical (unpaired) electrons. The molecule has 6 heteroatoms. The molecule has 1 aliphatic heterocycles. The number of hydrogen-bond acceptors (Lipinski definition) is 3. The van der Waals surface area contributed by atoms with Crippen molar-refractivity contribution in [1.29, 1.82) is 0 Å². The molecule has 0 saturated heterocycles. The first kappa shape index (κ1) is 19.8. The van der Waals surface area contributed by atoms with Crippen molar-refractivity contribution in [2.45, 2.75) is 27.7 Å². The van der Waals surface area contributed by atoms with E-state index >= 15 is 0 Å². The summed E-state index contributed by atoms with van der Waals surface area (Å²) >= 11 is 7.03. The Bertz CT molecular complexity index is 980. The van der Waals surface area contributed by atoms with Gasteiger partial charge in [-0.25, -0.2) is 0 Å². The number of aryl methyl sites for hydroxylation is 2. The second kappa shape index (κ2) is 7.98. The molecule has 2 aromatic rings. The van der Waals surface area contributed by atoms with Gasteiger partial charge >= 0.3 is 0 Å². The molecule has 0 unspecified atom stereocenters. The summed E-state index contributed by atoms with van der Waals surface area (Å²) in [6.07, 6.45) is 1.84. The molecule has 0 fully saturated rings. The van der Waals surface area contributed by atoms with Crippen LogP contribution in [0.5, 0.6) is 5.75 Å². The predicted octanol–water partition coefficient (Wildman–Crippen LogP) is 6.03. The second-order valence-corrected chi connectivity index (χ2v) is 8.14. The highest BCUT2D eigenvalue weighted by Gasteiger charge is 2.29. The summed E-state index contributed by atoms with van der Waals surface area (Å²) in [4.78, 5) is 13.0. The summed E-state index contributed by atoms with van der Waals surface area (Å²) in [6.45, 7) is 8.38. The van der Waals surface area contributed by atoms with Crippen molar-refractivity contribution in [3.8, 4) is 5.75 Å².